The van der Waals surface area contributed by atoms with Crippen LogP contribution in [0.5, 0.6) is 0 Å². The standard InChI is InChI=1S/C16H28N4O/c1-12-17-15(21-18-12)14-11-20(10-9-19(14)4)8-7-16(2,3)13-5-6-13/h13-14H,5-11H2,1-4H3. The number of nitrogens with zero attached hydrogens (tertiary/aromatic N) is 4. The van der Waals surface area contributed by atoms with E-state index in [0.29, 0.717) is 5.41 Å². The molecule has 1 saturated heterocycles. The lowest BCUT2D eigenvalue weighted by atomic mass is 9.83. The van der Waals surface area contributed by atoms with Crippen LogP contribution in [0.25, 0.3) is 0 Å². The van der Waals surface area contributed by atoms with Gasteiger partial charge in [-0.15, -0.1) is 0 Å². The molecule has 21 heavy (non-hydrogen) atoms. The van der Waals surface area contributed by atoms with Crippen molar-refractivity contribution in [2.45, 2.75) is 46.1 Å². The van der Waals surface area contributed by atoms with Gasteiger partial charge in [0, 0.05) is 19.6 Å². The smallest absolute Gasteiger partial charge is 0.245 e. The molecule has 2 heterocycles. The lowest BCUT2D eigenvalue weighted by Gasteiger charge is -2.39. The highest BCUT2D eigenvalue weighted by molar-refractivity contribution is 4.96. The first-order valence-corrected chi connectivity index (χ1v) is 8.18. The number of piperazine rings is 1. The molecular formula is C16H28N4O. The summed E-state index contributed by atoms with van der Waals surface area (Å²) < 4.78 is 5.39. The fraction of sp³-hybridized carbons (Fsp3) is 0.875. The summed E-state index contributed by atoms with van der Waals surface area (Å²) in [6.45, 7) is 11.1. The summed E-state index contributed by atoms with van der Waals surface area (Å²) in [7, 11) is 2.15. The molecule has 2 fully saturated rings. The Morgan fingerprint density at radius 3 is 2.67 bits per heavy atom. The van der Waals surface area contributed by atoms with Gasteiger partial charge in [-0.25, -0.2) is 0 Å². The zero-order valence-electron chi connectivity index (χ0n) is 13.8. The molecule has 1 aromatic heterocycles. The molecule has 1 aliphatic heterocycles. The molecule has 5 heteroatoms. The Labute approximate surface area is 127 Å². The Kier molecular flexibility index (Phi) is 4.06. The zero-order chi connectivity index (χ0) is 15.0. The molecule has 0 bridgehead atoms. The van der Waals surface area contributed by atoms with Gasteiger partial charge in [-0.05, 0) is 51.1 Å². The van der Waals surface area contributed by atoms with Crippen LogP contribution in [-0.4, -0.2) is 53.2 Å². The maximum absolute atomic E-state index is 5.39. The van der Waals surface area contributed by atoms with Gasteiger partial charge in [0.05, 0.1) is 0 Å². The van der Waals surface area contributed by atoms with Crippen LogP contribution in [-0.2, 0) is 0 Å². The minimum absolute atomic E-state index is 0.240. The van der Waals surface area contributed by atoms with Crippen LogP contribution in [0.4, 0.5) is 0 Å². The van der Waals surface area contributed by atoms with Gasteiger partial charge >= 0.3 is 0 Å². The second-order valence-corrected chi connectivity index (χ2v) is 7.49. The van der Waals surface area contributed by atoms with Crippen LogP contribution in [0.1, 0.15) is 50.9 Å². The summed E-state index contributed by atoms with van der Waals surface area (Å²) in [6, 6.07) is 0.240. The van der Waals surface area contributed by atoms with E-state index in [4.69, 9.17) is 4.52 Å². The number of aromatic nitrogens is 2. The van der Waals surface area contributed by atoms with Gasteiger partial charge in [-0.2, -0.15) is 4.98 Å². The second-order valence-electron chi connectivity index (χ2n) is 7.49. The highest BCUT2D eigenvalue weighted by Crippen LogP contribution is 2.47. The minimum atomic E-state index is 0.240. The normalized spacial score (nSPS) is 25.4. The third-order valence-corrected chi connectivity index (χ3v) is 5.32. The highest BCUT2D eigenvalue weighted by Gasteiger charge is 2.38. The van der Waals surface area contributed by atoms with E-state index in [1.165, 1.54) is 25.8 Å². The molecule has 1 aliphatic carbocycles. The molecule has 1 atom stereocenters. The molecule has 118 valence electrons. The topological polar surface area (TPSA) is 45.4 Å². The lowest BCUT2D eigenvalue weighted by Crippen LogP contribution is -2.47. The average molecular weight is 292 g/mol. The zero-order valence-corrected chi connectivity index (χ0v) is 13.8. The van der Waals surface area contributed by atoms with Crippen molar-refractivity contribution in [3.63, 3.8) is 0 Å². The third kappa shape index (κ3) is 3.46. The van der Waals surface area contributed by atoms with E-state index in [1.54, 1.807) is 0 Å². The largest absolute Gasteiger partial charge is 0.338 e. The summed E-state index contributed by atoms with van der Waals surface area (Å²) in [4.78, 5) is 9.31. The van der Waals surface area contributed by atoms with Crippen LogP contribution in [0.2, 0.25) is 0 Å². The fourth-order valence-corrected chi connectivity index (χ4v) is 3.36. The van der Waals surface area contributed by atoms with Gasteiger partial charge in [0.15, 0.2) is 5.82 Å². The van der Waals surface area contributed by atoms with Gasteiger partial charge in [0.1, 0.15) is 6.04 Å². The van der Waals surface area contributed by atoms with Crippen molar-refractivity contribution in [2.75, 3.05) is 33.2 Å². The Bertz CT molecular complexity index is 480. The Hall–Kier alpha value is -0.940. The van der Waals surface area contributed by atoms with E-state index < -0.39 is 0 Å². The monoisotopic (exact) mass is 292 g/mol. The van der Waals surface area contributed by atoms with Gasteiger partial charge in [-0.1, -0.05) is 19.0 Å². The van der Waals surface area contributed by atoms with Gasteiger partial charge in [0.25, 0.3) is 0 Å². The first-order valence-electron chi connectivity index (χ1n) is 8.18. The molecule has 1 aromatic rings. The Morgan fingerprint density at radius 2 is 2.05 bits per heavy atom. The van der Waals surface area contributed by atoms with Crippen molar-refractivity contribution < 1.29 is 4.52 Å². The van der Waals surface area contributed by atoms with Gasteiger partial charge in [-0.3, -0.25) is 9.80 Å². The van der Waals surface area contributed by atoms with Crippen LogP contribution in [0.3, 0.4) is 0 Å². The molecule has 0 amide bonds. The molecule has 1 saturated carbocycles. The van der Waals surface area contributed by atoms with Crippen molar-refractivity contribution >= 4 is 0 Å². The maximum atomic E-state index is 5.39. The first-order chi connectivity index (χ1) is 9.95. The average Bonchev–Trinajstić information content (AvgIpc) is 3.22. The molecule has 0 spiro atoms. The maximum Gasteiger partial charge on any atom is 0.245 e. The molecule has 1 unspecified atom stereocenters. The predicted octanol–water partition coefficient (Wildman–Crippen LogP) is 2.49. The van der Waals surface area contributed by atoms with E-state index in [9.17, 15) is 0 Å². The number of rotatable bonds is 5. The van der Waals surface area contributed by atoms with Crippen LogP contribution in [0.15, 0.2) is 4.52 Å². The number of aryl methyl sites for hydroxylation is 1. The van der Waals surface area contributed by atoms with Crippen molar-refractivity contribution in [1.82, 2.24) is 19.9 Å². The van der Waals surface area contributed by atoms with Crippen molar-refractivity contribution in [3.8, 4) is 0 Å². The van der Waals surface area contributed by atoms with E-state index in [2.05, 4.69) is 40.8 Å². The summed E-state index contributed by atoms with van der Waals surface area (Å²) in [6.07, 6.45) is 4.15. The predicted molar refractivity (Wildman–Crippen MR) is 82.0 cm³/mol. The summed E-state index contributed by atoms with van der Waals surface area (Å²) >= 11 is 0. The first kappa shape index (κ1) is 15.0. The van der Waals surface area contributed by atoms with Crippen LogP contribution in [0, 0.1) is 18.3 Å². The van der Waals surface area contributed by atoms with Crippen LogP contribution >= 0.6 is 0 Å². The van der Waals surface area contributed by atoms with Crippen molar-refractivity contribution in [3.05, 3.63) is 11.7 Å². The molecule has 0 N–H and O–H groups in total. The van der Waals surface area contributed by atoms with Gasteiger partial charge < -0.3 is 4.52 Å². The number of hydrogen-bond donors (Lipinski definition) is 0. The molecular weight excluding hydrogens is 264 g/mol. The van der Waals surface area contributed by atoms with E-state index in [1.807, 2.05) is 6.92 Å². The number of hydrogen-bond acceptors (Lipinski definition) is 5. The Morgan fingerprint density at radius 1 is 1.29 bits per heavy atom. The van der Waals surface area contributed by atoms with E-state index >= 15 is 0 Å². The Balaban J connectivity index is 1.57. The highest BCUT2D eigenvalue weighted by atomic mass is 16.5. The quantitative estimate of drug-likeness (QED) is 0.834. The SMILES string of the molecule is Cc1noc(C2CN(CCC(C)(C)C3CC3)CCN2C)n1. The lowest BCUT2D eigenvalue weighted by molar-refractivity contribution is 0.0662. The number of likely N-dealkylation sites (N-methyl/N-ethyl adjacent to an activating group) is 1. The van der Waals surface area contributed by atoms with E-state index in [-0.39, 0.29) is 6.04 Å². The summed E-state index contributed by atoms with van der Waals surface area (Å²) in [5.74, 6) is 2.45. The summed E-state index contributed by atoms with van der Waals surface area (Å²) in [5.41, 5.74) is 0.500. The fourth-order valence-electron chi connectivity index (χ4n) is 3.36. The van der Waals surface area contributed by atoms with Crippen molar-refractivity contribution in [1.29, 1.82) is 0 Å². The van der Waals surface area contributed by atoms with E-state index in [0.717, 1.165) is 37.3 Å². The molecule has 0 aromatic carbocycles. The second kappa shape index (κ2) is 5.69. The third-order valence-electron chi connectivity index (χ3n) is 5.32. The van der Waals surface area contributed by atoms with Gasteiger partial charge in [0.2, 0.25) is 5.89 Å². The van der Waals surface area contributed by atoms with Crippen molar-refractivity contribution in [2.24, 2.45) is 11.3 Å². The molecule has 5 nitrogen and oxygen atoms in total. The van der Waals surface area contributed by atoms with Crippen LogP contribution < -0.4 is 0 Å². The summed E-state index contributed by atoms with van der Waals surface area (Å²) in [5, 5.41) is 3.94. The minimum Gasteiger partial charge on any atom is -0.338 e. The molecule has 2 aliphatic rings. The molecule has 0 radical (unpaired) electrons. The molecule has 3 rings (SSSR count).